The van der Waals surface area contributed by atoms with E-state index in [1.165, 1.54) is 18.2 Å². The number of rotatable bonds is 6. The summed E-state index contributed by atoms with van der Waals surface area (Å²) in [6.07, 6.45) is 4.87. The molecule has 2 amide bonds. The van der Waals surface area contributed by atoms with Crippen molar-refractivity contribution in [2.24, 2.45) is 11.8 Å². The molecule has 3 aliphatic rings. The normalized spacial score (nSPS) is 22.8. The molecule has 0 aliphatic carbocycles. The third-order valence-electron chi connectivity index (χ3n) is 7.89. The summed E-state index contributed by atoms with van der Waals surface area (Å²) < 4.78 is 0.778. The number of halogens is 1. The first-order valence-electron chi connectivity index (χ1n) is 12.9. The van der Waals surface area contributed by atoms with E-state index in [0.29, 0.717) is 22.3 Å². The topological polar surface area (TPSA) is 118 Å². The number of allylic oxidation sites excluding steroid dienone is 2. The van der Waals surface area contributed by atoms with Gasteiger partial charge in [0.25, 0.3) is 5.69 Å². The molecule has 3 aromatic carbocycles. The van der Waals surface area contributed by atoms with Gasteiger partial charge in [0.2, 0.25) is 11.8 Å². The summed E-state index contributed by atoms with van der Waals surface area (Å²) >= 11 is 3.37. The lowest BCUT2D eigenvalue weighted by Crippen LogP contribution is -2.46. The highest BCUT2D eigenvalue weighted by atomic mass is 79.9. The molecule has 4 atom stereocenters. The van der Waals surface area contributed by atoms with Crippen molar-refractivity contribution in [2.75, 3.05) is 4.90 Å². The summed E-state index contributed by atoms with van der Waals surface area (Å²) in [5.41, 5.74) is 1.54. The Labute approximate surface area is 243 Å². The number of amides is 2. The Hall–Kier alpha value is -4.70. The van der Waals surface area contributed by atoms with Crippen molar-refractivity contribution in [3.05, 3.63) is 128 Å². The lowest BCUT2D eigenvalue weighted by atomic mass is 9.85. The summed E-state index contributed by atoms with van der Waals surface area (Å²) in [6, 6.07) is 17.7. The molecule has 0 spiro atoms. The first kappa shape index (κ1) is 26.5. The molecule has 2 saturated heterocycles. The molecule has 0 aromatic heterocycles. The lowest BCUT2D eigenvalue weighted by Gasteiger charge is -2.33. The van der Waals surface area contributed by atoms with Gasteiger partial charge >= 0.3 is 0 Å². The van der Waals surface area contributed by atoms with Gasteiger partial charge in [0.1, 0.15) is 6.04 Å². The van der Waals surface area contributed by atoms with E-state index in [1.807, 2.05) is 0 Å². The number of aryl methyl sites for hydroxylation is 1. The standard InChI is InChI=1S/C31H22BrN3O6/c1-17-7-12-22(35(40)41)16-23(17)34-30(38)25-24-15-20(28(36)18-5-3-2-4-6-18)13-14-33(24)27(26(25)31(34)39)29(37)19-8-10-21(32)11-9-19/h2-16,24-27H,1H3/t24-,25+,26+,27+/m1/s1. The van der Waals surface area contributed by atoms with Crippen LogP contribution in [0.4, 0.5) is 11.4 Å². The molecule has 10 heteroatoms. The Bertz CT molecular complexity index is 1700. The number of hydrogen-bond acceptors (Lipinski definition) is 7. The minimum atomic E-state index is -1.06. The van der Waals surface area contributed by atoms with Gasteiger partial charge in [0, 0.05) is 39.5 Å². The zero-order valence-corrected chi connectivity index (χ0v) is 23.2. The Morgan fingerprint density at radius 1 is 0.902 bits per heavy atom. The van der Waals surface area contributed by atoms with Crippen LogP contribution in [0, 0.1) is 28.9 Å². The second kappa shape index (κ2) is 10.0. The van der Waals surface area contributed by atoms with Crippen LogP contribution in [0.5, 0.6) is 0 Å². The number of anilines is 1. The Morgan fingerprint density at radius 2 is 1.59 bits per heavy atom. The number of carbonyl (C=O) groups is 4. The van der Waals surface area contributed by atoms with E-state index in [1.54, 1.807) is 84.8 Å². The minimum Gasteiger partial charge on any atom is -0.359 e. The molecule has 3 heterocycles. The van der Waals surface area contributed by atoms with Crippen molar-refractivity contribution in [1.29, 1.82) is 0 Å². The molecular weight excluding hydrogens is 590 g/mol. The van der Waals surface area contributed by atoms with E-state index in [2.05, 4.69) is 15.9 Å². The van der Waals surface area contributed by atoms with Gasteiger partial charge in [0.15, 0.2) is 11.6 Å². The number of fused-ring (bicyclic) bond motifs is 3. The van der Waals surface area contributed by atoms with E-state index in [9.17, 15) is 29.3 Å². The van der Waals surface area contributed by atoms with Gasteiger partial charge < -0.3 is 4.90 Å². The van der Waals surface area contributed by atoms with Crippen LogP contribution >= 0.6 is 15.9 Å². The van der Waals surface area contributed by atoms with Gasteiger partial charge in [0.05, 0.1) is 28.5 Å². The first-order chi connectivity index (χ1) is 19.7. The molecule has 3 aliphatic heterocycles. The van der Waals surface area contributed by atoms with Crippen LogP contribution in [-0.2, 0) is 9.59 Å². The van der Waals surface area contributed by atoms with Crippen molar-refractivity contribution < 1.29 is 24.1 Å². The number of hydrogen-bond donors (Lipinski definition) is 0. The van der Waals surface area contributed by atoms with E-state index in [0.717, 1.165) is 9.37 Å². The van der Waals surface area contributed by atoms with Crippen LogP contribution in [0.3, 0.4) is 0 Å². The number of nitro groups is 1. The predicted molar refractivity (Wildman–Crippen MR) is 153 cm³/mol. The SMILES string of the molecule is Cc1ccc([N+](=O)[O-])cc1N1C(=O)[C@@H]2[C@H](C1=O)[C@@H](C(=O)c1ccc(Br)cc1)N1C=CC(C(=O)c3ccccc3)=C[C@H]21. The zero-order chi connectivity index (χ0) is 29.0. The molecule has 2 fully saturated rings. The number of carbonyl (C=O) groups excluding carboxylic acids is 4. The summed E-state index contributed by atoms with van der Waals surface area (Å²) in [5.74, 6) is -3.80. The number of nitro benzene ring substituents is 1. The average molecular weight is 612 g/mol. The molecule has 0 bridgehead atoms. The molecule has 0 unspecified atom stereocenters. The highest BCUT2D eigenvalue weighted by molar-refractivity contribution is 9.10. The van der Waals surface area contributed by atoms with Gasteiger partial charge in [-0.15, -0.1) is 0 Å². The highest BCUT2D eigenvalue weighted by Crippen LogP contribution is 2.48. The quantitative estimate of drug-likeness (QED) is 0.166. The van der Waals surface area contributed by atoms with Crippen molar-refractivity contribution >= 4 is 50.7 Å². The Kier molecular flexibility index (Phi) is 6.50. The predicted octanol–water partition coefficient (Wildman–Crippen LogP) is 5.04. The van der Waals surface area contributed by atoms with Crippen LogP contribution in [-0.4, -0.2) is 45.3 Å². The van der Waals surface area contributed by atoms with Crippen molar-refractivity contribution in [3.63, 3.8) is 0 Å². The van der Waals surface area contributed by atoms with Crippen LogP contribution < -0.4 is 4.90 Å². The first-order valence-corrected chi connectivity index (χ1v) is 13.7. The maximum absolute atomic E-state index is 14.0. The van der Waals surface area contributed by atoms with E-state index in [4.69, 9.17) is 0 Å². The van der Waals surface area contributed by atoms with Gasteiger partial charge in [-0.1, -0.05) is 70.5 Å². The number of Topliss-reactive ketones (excluding diaryl/α,β-unsaturated/α-hetero) is 2. The summed E-state index contributed by atoms with van der Waals surface area (Å²) in [6.45, 7) is 1.66. The maximum atomic E-state index is 14.0. The second-order valence-electron chi connectivity index (χ2n) is 10.2. The monoisotopic (exact) mass is 611 g/mol. The minimum absolute atomic E-state index is 0.112. The van der Waals surface area contributed by atoms with Crippen molar-refractivity contribution in [3.8, 4) is 0 Å². The summed E-state index contributed by atoms with van der Waals surface area (Å²) in [7, 11) is 0. The number of non-ortho nitro benzene ring substituents is 1. The smallest absolute Gasteiger partial charge is 0.271 e. The fourth-order valence-corrected chi connectivity index (χ4v) is 6.19. The fraction of sp³-hybridized carbons (Fsp3) is 0.161. The van der Waals surface area contributed by atoms with Crippen molar-refractivity contribution in [2.45, 2.75) is 19.0 Å². The molecule has 0 saturated carbocycles. The largest absolute Gasteiger partial charge is 0.359 e. The number of benzene rings is 3. The number of imide groups is 1. The molecule has 41 heavy (non-hydrogen) atoms. The van der Waals surface area contributed by atoms with Gasteiger partial charge in [-0.2, -0.15) is 0 Å². The molecular formula is C31H22BrN3O6. The lowest BCUT2D eigenvalue weighted by molar-refractivity contribution is -0.384. The molecule has 9 nitrogen and oxygen atoms in total. The van der Waals surface area contributed by atoms with E-state index in [-0.39, 0.29) is 22.9 Å². The van der Waals surface area contributed by atoms with Gasteiger partial charge in [-0.3, -0.25) is 29.3 Å². The summed E-state index contributed by atoms with van der Waals surface area (Å²) in [4.78, 5) is 68.9. The molecule has 6 rings (SSSR count). The Balaban J connectivity index is 1.45. The Morgan fingerprint density at radius 3 is 2.27 bits per heavy atom. The summed E-state index contributed by atoms with van der Waals surface area (Å²) in [5, 5.41) is 11.5. The van der Waals surface area contributed by atoms with Gasteiger partial charge in [-0.05, 0) is 30.7 Å². The van der Waals surface area contributed by atoms with Gasteiger partial charge in [-0.25, -0.2) is 4.90 Å². The van der Waals surface area contributed by atoms with Crippen LogP contribution in [0.2, 0.25) is 0 Å². The third kappa shape index (κ3) is 4.31. The van der Waals surface area contributed by atoms with Crippen LogP contribution in [0.15, 0.2) is 101 Å². The third-order valence-corrected chi connectivity index (χ3v) is 8.42. The number of ketones is 2. The van der Waals surface area contributed by atoms with Crippen LogP contribution in [0.1, 0.15) is 26.3 Å². The number of nitrogens with zero attached hydrogens (tertiary/aromatic N) is 3. The van der Waals surface area contributed by atoms with Crippen LogP contribution in [0.25, 0.3) is 0 Å². The molecule has 0 radical (unpaired) electrons. The van der Waals surface area contributed by atoms with Crippen molar-refractivity contribution in [1.82, 2.24) is 4.90 Å². The fourth-order valence-electron chi connectivity index (χ4n) is 5.93. The second-order valence-corrected chi connectivity index (χ2v) is 11.1. The molecule has 204 valence electrons. The molecule has 3 aromatic rings. The van der Waals surface area contributed by atoms with E-state index >= 15 is 0 Å². The maximum Gasteiger partial charge on any atom is 0.271 e. The zero-order valence-electron chi connectivity index (χ0n) is 21.6. The van der Waals surface area contributed by atoms with E-state index < -0.39 is 40.7 Å². The average Bonchev–Trinajstić information content (AvgIpc) is 3.44. The molecule has 0 N–H and O–H groups in total. The highest BCUT2D eigenvalue weighted by Gasteiger charge is 2.63.